The van der Waals surface area contributed by atoms with Crippen molar-refractivity contribution in [1.29, 1.82) is 0 Å². The lowest BCUT2D eigenvalue weighted by atomic mass is 9.91. The zero-order valence-electron chi connectivity index (χ0n) is 13.3. The van der Waals surface area contributed by atoms with Gasteiger partial charge in [0, 0.05) is 31.1 Å². The molecule has 21 heavy (non-hydrogen) atoms. The van der Waals surface area contributed by atoms with Gasteiger partial charge in [-0.2, -0.15) is 0 Å². The molecule has 1 fully saturated rings. The second-order valence-electron chi connectivity index (χ2n) is 6.12. The molecule has 1 aromatic rings. The van der Waals surface area contributed by atoms with Crippen LogP contribution in [0.1, 0.15) is 68.6 Å². The number of nitrogens with zero attached hydrogens (tertiary/aromatic N) is 2. The predicted octanol–water partition coefficient (Wildman–Crippen LogP) is 2.78. The topological polar surface area (TPSA) is 72.4 Å². The van der Waals surface area contributed by atoms with Gasteiger partial charge >= 0.3 is 0 Å². The van der Waals surface area contributed by atoms with Crippen molar-refractivity contribution >= 4 is 5.91 Å². The van der Waals surface area contributed by atoms with Crippen LogP contribution in [0.3, 0.4) is 0 Å². The van der Waals surface area contributed by atoms with Crippen LogP contribution in [0, 0.1) is 5.92 Å². The van der Waals surface area contributed by atoms with Crippen molar-refractivity contribution in [2.75, 3.05) is 13.1 Å². The molecule has 0 spiro atoms. The molecule has 5 heteroatoms. The van der Waals surface area contributed by atoms with Gasteiger partial charge in [-0.1, -0.05) is 19.0 Å². The number of aromatic nitrogens is 1. The Kier molecular flexibility index (Phi) is 5.39. The van der Waals surface area contributed by atoms with E-state index in [9.17, 15) is 4.79 Å². The zero-order valence-corrected chi connectivity index (χ0v) is 13.3. The fourth-order valence-corrected chi connectivity index (χ4v) is 3.07. The van der Waals surface area contributed by atoms with Crippen LogP contribution in [0.2, 0.25) is 0 Å². The average Bonchev–Trinajstić information content (AvgIpc) is 2.97. The molecule has 1 amide bonds. The number of hydrogen-bond acceptors (Lipinski definition) is 4. The van der Waals surface area contributed by atoms with Crippen LogP contribution in [0.5, 0.6) is 0 Å². The molecule has 1 aliphatic rings. The fraction of sp³-hybridized carbons (Fsp3) is 0.750. The maximum atomic E-state index is 12.4. The largest absolute Gasteiger partial charge is 0.351 e. The summed E-state index contributed by atoms with van der Waals surface area (Å²) in [6.07, 6.45) is 3.96. The number of nitrogens with two attached hydrogens (primary N) is 1. The van der Waals surface area contributed by atoms with Crippen LogP contribution < -0.4 is 5.73 Å². The molecule has 1 atom stereocenters. The van der Waals surface area contributed by atoms with E-state index in [1.807, 2.05) is 17.9 Å². The smallest absolute Gasteiger partial charge is 0.292 e. The summed E-state index contributed by atoms with van der Waals surface area (Å²) in [5.41, 5.74) is 6.83. The molecule has 0 aromatic carbocycles. The van der Waals surface area contributed by atoms with Gasteiger partial charge in [0.1, 0.15) is 0 Å². The highest BCUT2D eigenvalue weighted by Crippen LogP contribution is 2.25. The summed E-state index contributed by atoms with van der Waals surface area (Å²) >= 11 is 0. The lowest BCUT2D eigenvalue weighted by Gasteiger charge is -2.33. The molecule has 0 bridgehead atoms. The summed E-state index contributed by atoms with van der Waals surface area (Å²) in [4.78, 5) is 14.3. The Morgan fingerprint density at radius 2 is 2.05 bits per heavy atom. The molecule has 2 heterocycles. The molecule has 0 aliphatic carbocycles. The first-order chi connectivity index (χ1) is 10.1. The lowest BCUT2D eigenvalue weighted by molar-refractivity contribution is 0.0639. The fourth-order valence-electron chi connectivity index (χ4n) is 3.07. The van der Waals surface area contributed by atoms with Gasteiger partial charge in [-0.25, -0.2) is 0 Å². The molecule has 2 rings (SSSR count). The molecule has 1 unspecified atom stereocenters. The summed E-state index contributed by atoms with van der Waals surface area (Å²) < 4.78 is 5.27. The highest BCUT2D eigenvalue weighted by molar-refractivity contribution is 5.91. The van der Waals surface area contributed by atoms with E-state index in [1.165, 1.54) is 0 Å². The van der Waals surface area contributed by atoms with Crippen molar-refractivity contribution < 1.29 is 9.32 Å². The SMILES string of the molecule is CCC(CC)c1cc(C(=O)N2CCC(C(C)N)CC2)on1. The van der Waals surface area contributed by atoms with Gasteiger partial charge in [-0.15, -0.1) is 0 Å². The van der Waals surface area contributed by atoms with Crippen molar-refractivity contribution in [3.8, 4) is 0 Å². The minimum absolute atomic E-state index is 0.0390. The maximum absolute atomic E-state index is 12.4. The van der Waals surface area contributed by atoms with E-state index in [1.54, 1.807) is 0 Å². The van der Waals surface area contributed by atoms with E-state index in [-0.39, 0.29) is 11.9 Å². The molecule has 5 nitrogen and oxygen atoms in total. The Bertz CT molecular complexity index is 458. The molecule has 1 aromatic heterocycles. The monoisotopic (exact) mass is 293 g/mol. The van der Waals surface area contributed by atoms with Gasteiger partial charge in [0.15, 0.2) is 0 Å². The average molecular weight is 293 g/mol. The van der Waals surface area contributed by atoms with E-state index in [0.29, 0.717) is 17.6 Å². The summed E-state index contributed by atoms with van der Waals surface area (Å²) in [6, 6.07) is 2.02. The summed E-state index contributed by atoms with van der Waals surface area (Å²) in [6.45, 7) is 7.81. The quantitative estimate of drug-likeness (QED) is 0.906. The third kappa shape index (κ3) is 3.64. The highest BCUT2D eigenvalue weighted by Gasteiger charge is 2.28. The van der Waals surface area contributed by atoms with Gasteiger partial charge < -0.3 is 15.2 Å². The van der Waals surface area contributed by atoms with Crippen LogP contribution in [-0.2, 0) is 0 Å². The second-order valence-corrected chi connectivity index (χ2v) is 6.12. The molecular formula is C16H27N3O2. The first kappa shape index (κ1) is 16.0. The van der Waals surface area contributed by atoms with Gasteiger partial charge in [-0.05, 0) is 38.5 Å². The van der Waals surface area contributed by atoms with Gasteiger partial charge in [0.05, 0.1) is 5.69 Å². The molecule has 1 aliphatic heterocycles. The predicted molar refractivity (Wildman–Crippen MR) is 82.1 cm³/mol. The van der Waals surface area contributed by atoms with Gasteiger partial charge in [0.25, 0.3) is 5.91 Å². The molecule has 0 radical (unpaired) electrons. The van der Waals surface area contributed by atoms with Gasteiger partial charge in [-0.3, -0.25) is 4.79 Å². The Balaban J connectivity index is 1.98. The van der Waals surface area contributed by atoms with Crippen molar-refractivity contribution in [3.63, 3.8) is 0 Å². The van der Waals surface area contributed by atoms with Crippen molar-refractivity contribution in [3.05, 3.63) is 17.5 Å². The Hall–Kier alpha value is -1.36. The number of likely N-dealkylation sites (tertiary alicyclic amines) is 1. The summed E-state index contributed by atoms with van der Waals surface area (Å²) in [5.74, 6) is 1.22. The van der Waals surface area contributed by atoms with Crippen LogP contribution in [0.15, 0.2) is 10.6 Å². The zero-order chi connectivity index (χ0) is 15.4. The molecule has 1 saturated heterocycles. The minimum Gasteiger partial charge on any atom is -0.351 e. The van der Waals surface area contributed by atoms with Crippen LogP contribution in [-0.4, -0.2) is 35.1 Å². The summed E-state index contributed by atoms with van der Waals surface area (Å²) in [7, 11) is 0. The Labute approximate surface area is 126 Å². The number of carbonyl (C=O) groups is 1. The normalized spacial score (nSPS) is 18.2. The first-order valence-corrected chi connectivity index (χ1v) is 8.08. The van der Waals surface area contributed by atoms with E-state index >= 15 is 0 Å². The number of amides is 1. The van der Waals surface area contributed by atoms with Crippen molar-refractivity contribution in [2.24, 2.45) is 11.7 Å². The van der Waals surface area contributed by atoms with Gasteiger partial charge in [0.2, 0.25) is 5.76 Å². The van der Waals surface area contributed by atoms with E-state index in [4.69, 9.17) is 10.3 Å². The summed E-state index contributed by atoms with van der Waals surface area (Å²) in [5, 5.41) is 4.07. The van der Waals surface area contributed by atoms with E-state index < -0.39 is 0 Å². The molecule has 118 valence electrons. The molecular weight excluding hydrogens is 266 g/mol. The van der Waals surface area contributed by atoms with E-state index in [2.05, 4.69) is 19.0 Å². The third-order valence-corrected chi connectivity index (χ3v) is 4.71. The first-order valence-electron chi connectivity index (χ1n) is 8.08. The standard InChI is InChI=1S/C16H27N3O2/c1-4-12(5-2)14-10-15(21-18-14)16(20)19-8-6-13(7-9-19)11(3)17/h10-13H,4-9,17H2,1-3H3. The van der Waals surface area contributed by atoms with Crippen molar-refractivity contribution in [1.82, 2.24) is 10.1 Å². The van der Waals surface area contributed by atoms with Crippen molar-refractivity contribution in [2.45, 2.75) is 58.4 Å². The number of carbonyl (C=O) groups excluding carboxylic acids is 1. The molecule has 2 N–H and O–H groups in total. The van der Waals surface area contributed by atoms with Crippen LogP contribution >= 0.6 is 0 Å². The second kappa shape index (κ2) is 7.07. The third-order valence-electron chi connectivity index (χ3n) is 4.71. The van der Waals surface area contributed by atoms with E-state index in [0.717, 1.165) is 44.5 Å². The lowest BCUT2D eigenvalue weighted by Crippen LogP contribution is -2.42. The Morgan fingerprint density at radius 3 is 2.57 bits per heavy atom. The minimum atomic E-state index is -0.0390. The van der Waals surface area contributed by atoms with Crippen LogP contribution in [0.4, 0.5) is 0 Å². The molecule has 0 saturated carbocycles. The number of piperidine rings is 1. The maximum Gasteiger partial charge on any atom is 0.292 e. The highest BCUT2D eigenvalue weighted by atomic mass is 16.5. The van der Waals surface area contributed by atoms with Crippen LogP contribution in [0.25, 0.3) is 0 Å². The Morgan fingerprint density at radius 1 is 1.43 bits per heavy atom. The number of hydrogen-bond donors (Lipinski definition) is 1. The number of rotatable bonds is 5.